The molecule has 0 radical (unpaired) electrons. The van der Waals surface area contributed by atoms with E-state index in [0.717, 1.165) is 23.2 Å². The number of nitrogens with one attached hydrogen (secondary N) is 1. The highest BCUT2D eigenvalue weighted by Gasteiger charge is 2.30. The standard InChI is InChI=1S/C26H30ClN5O/c1-6-19-15-23(22-11-10-20(16-24(22)27)21-9-8-12-28-17-21)26(33)32(7-2)25(19)30-18(3)29-13-14-31(4)5/h6,8-12,15-17,29H,3,7,13-14H2,1-2,4-5H3/b19-6-,30-25+. The second-order valence-electron chi connectivity index (χ2n) is 7.90. The van der Waals surface area contributed by atoms with Crippen molar-refractivity contribution in [2.24, 2.45) is 4.99 Å². The van der Waals surface area contributed by atoms with Crippen molar-refractivity contribution in [2.45, 2.75) is 13.8 Å². The molecule has 1 aromatic heterocycles. The van der Waals surface area contributed by atoms with E-state index in [-0.39, 0.29) is 5.91 Å². The second kappa shape index (κ2) is 11.1. The summed E-state index contributed by atoms with van der Waals surface area (Å²) in [6.45, 7) is 9.91. The van der Waals surface area contributed by atoms with Crippen molar-refractivity contribution in [3.8, 4) is 11.1 Å². The van der Waals surface area contributed by atoms with Gasteiger partial charge < -0.3 is 10.2 Å². The number of aliphatic imine (C=N–C) groups is 1. The Bertz CT molecular complexity index is 1120. The van der Waals surface area contributed by atoms with E-state index < -0.39 is 0 Å². The van der Waals surface area contributed by atoms with E-state index in [1.54, 1.807) is 17.3 Å². The first-order valence-corrected chi connectivity index (χ1v) is 11.3. The Balaban J connectivity index is 1.94. The number of amides is 1. The summed E-state index contributed by atoms with van der Waals surface area (Å²) in [7, 11) is 4.02. The monoisotopic (exact) mass is 463 g/mol. The minimum absolute atomic E-state index is 0.140. The van der Waals surface area contributed by atoms with Gasteiger partial charge in [-0.2, -0.15) is 0 Å². The van der Waals surface area contributed by atoms with E-state index in [0.29, 0.717) is 40.9 Å². The summed E-state index contributed by atoms with van der Waals surface area (Å²) in [5.41, 5.74) is 3.98. The van der Waals surface area contributed by atoms with Gasteiger partial charge in [0.1, 0.15) is 11.7 Å². The van der Waals surface area contributed by atoms with Gasteiger partial charge in [-0.25, -0.2) is 4.99 Å². The number of likely N-dealkylation sites (N-methyl/N-ethyl adjacent to an activating group) is 2. The van der Waals surface area contributed by atoms with Crippen LogP contribution in [0.4, 0.5) is 0 Å². The summed E-state index contributed by atoms with van der Waals surface area (Å²) in [5.74, 6) is 0.964. The summed E-state index contributed by atoms with van der Waals surface area (Å²) in [5, 5.41) is 3.72. The molecule has 0 aliphatic carbocycles. The van der Waals surface area contributed by atoms with Crippen LogP contribution in [-0.2, 0) is 4.79 Å². The van der Waals surface area contributed by atoms with E-state index in [4.69, 9.17) is 11.6 Å². The zero-order chi connectivity index (χ0) is 24.0. The van der Waals surface area contributed by atoms with Crippen LogP contribution in [0.15, 0.2) is 77.8 Å². The molecule has 1 aliphatic heterocycles. The highest BCUT2D eigenvalue weighted by molar-refractivity contribution is 6.37. The number of carbonyl (C=O) groups is 1. The Hall–Kier alpha value is -3.22. The third-order valence-electron chi connectivity index (χ3n) is 5.30. The first kappa shape index (κ1) is 24.4. The molecule has 1 N–H and O–H groups in total. The van der Waals surface area contributed by atoms with Crippen LogP contribution < -0.4 is 5.32 Å². The SMILES string of the molecule is C=C(/N=C1\C(=C/C)C=C(c2ccc(-c3cccnc3)cc2Cl)C(=O)N1CC)NCCN(C)C. The Morgan fingerprint density at radius 2 is 2.09 bits per heavy atom. The molecule has 0 spiro atoms. The third-order valence-corrected chi connectivity index (χ3v) is 5.61. The molecular weight excluding hydrogens is 434 g/mol. The van der Waals surface area contributed by atoms with E-state index in [1.165, 1.54) is 0 Å². The van der Waals surface area contributed by atoms with Crippen molar-refractivity contribution in [1.29, 1.82) is 0 Å². The van der Waals surface area contributed by atoms with Gasteiger partial charge in [-0.05, 0) is 51.7 Å². The molecule has 0 saturated heterocycles. The molecular formula is C26H30ClN5O. The van der Waals surface area contributed by atoms with Gasteiger partial charge in [0.25, 0.3) is 5.91 Å². The van der Waals surface area contributed by atoms with Gasteiger partial charge in [-0.3, -0.25) is 14.7 Å². The maximum atomic E-state index is 13.4. The second-order valence-corrected chi connectivity index (χ2v) is 8.31. The van der Waals surface area contributed by atoms with Crippen LogP contribution >= 0.6 is 11.6 Å². The van der Waals surface area contributed by atoms with Crippen LogP contribution in [0.1, 0.15) is 19.4 Å². The molecule has 1 aliphatic rings. The fourth-order valence-corrected chi connectivity index (χ4v) is 3.82. The summed E-state index contributed by atoms with van der Waals surface area (Å²) < 4.78 is 0. The Morgan fingerprint density at radius 1 is 1.30 bits per heavy atom. The molecule has 7 heteroatoms. The molecule has 0 saturated carbocycles. The molecule has 1 aromatic carbocycles. The Kier molecular flexibility index (Phi) is 8.20. The molecule has 0 unspecified atom stereocenters. The predicted octanol–water partition coefficient (Wildman–Crippen LogP) is 4.61. The maximum Gasteiger partial charge on any atom is 0.260 e. The molecule has 3 rings (SSSR count). The number of rotatable bonds is 8. The third kappa shape index (κ3) is 5.78. The summed E-state index contributed by atoms with van der Waals surface area (Å²) >= 11 is 6.65. The largest absolute Gasteiger partial charge is 0.369 e. The Morgan fingerprint density at radius 3 is 2.70 bits per heavy atom. The first-order chi connectivity index (χ1) is 15.8. The fraction of sp³-hybridized carbons (Fsp3) is 0.269. The van der Waals surface area contributed by atoms with Crippen molar-refractivity contribution in [3.05, 3.63) is 83.4 Å². The van der Waals surface area contributed by atoms with Crippen molar-refractivity contribution in [1.82, 2.24) is 20.1 Å². The minimum atomic E-state index is -0.140. The average molecular weight is 464 g/mol. The van der Waals surface area contributed by atoms with Gasteiger partial charge in [0.05, 0.1) is 0 Å². The van der Waals surface area contributed by atoms with Gasteiger partial charge in [0.2, 0.25) is 0 Å². The predicted molar refractivity (Wildman–Crippen MR) is 137 cm³/mol. The van der Waals surface area contributed by atoms with Crippen LogP contribution in [-0.4, -0.2) is 60.3 Å². The van der Waals surface area contributed by atoms with Crippen molar-refractivity contribution >= 4 is 28.9 Å². The molecule has 2 aromatic rings. The van der Waals surface area contributed by atoms with Crippen molar-refractivity contribution in [2.75, 3.05) is 33.7 Å². The van der Waals surface area contributed by atoms with Crippen molar-refractivity contribution < 1.29 is 4.79 Å². The lowest BCUT2D eigenvalue weighted by atomic mass is 9.95. The molecule has 33 heavy (non-hydrogen) atoms. The normalized spacial score (nSPS) is 16.5. The smallest absolute Gasteiger partial charge is 0.260 e. The minimum Gasteiger partial charge on any atom is -0.369 e. The lowest BCUT2D eigenvalue weighted by molar-refractivity contribution is -0.121. The highest BCUT2D eigenvalue weighted by Crippen LogP contribution is 2.33. The number of nitrogens with zero attached hydrogens (tertiary/aromatic N) is 4. The molecule has 1 amide bonds. The van der Waals surface area contributed by atoms with Crippen LogP contribution in [0.25, 0.3) is 16.7 Å². The van der Waals surface area contributed by atoms with Crippen LogP contribution in [0, 0.1) is 0 Å². The summed E-state index contributed by atoms with van der Waals surface area (Å²) in [6.07, 6.45) is 7.31. The van der Waals surface area contributed by atoms with Gasteiger partial charge in [0, 0.05) is 59.3 Å². The zero-order valence-electron chi connectivity index (χ0n) is 19.6. The number of aromatic nitrogens is 1. The number of allylic oxidation sites excluding steroid dienone is 1. The van der Waals surface area contributed by atoms with E-state index in [2.05, 4.69) is 26.8 Å². The van der Waals surface area contributed by atoms with Gasteiger partial charge in [-0.1, -0.05) is 42.5 Å². The number of pyridine rings is 1. The van der Waals surface area contributed by atoms with Crippen LogP contribution in [0.2, 0.25) is 5.02 Å². The number of carbonyl (C=O) groups excluding carboxylic acids is 1. The van der Waals surface area contributed by atoms with E-state index in [9.17, 15) is 4.79 Å². The molecule has 0 atom stereocenters. The van der Waals surface area contributed by atoms with Crippen LogP contribution in [0.5, 0.6) is 0 Å². The lowest BCUT2D eigenvalue weighted by Crippen LogP contribution is -2.41. The van der Waals surface area contributed by atoms with Crippen LogP contribution in [0.3, 0.4) is 0 Å². The zero-order valence-corrected chi connectivity index (χ0v) is 20.4. The topological polar surface area (TPSA) is 60.8 Å². The number of benzene rings is 1. The Labute approximate surface area is 201 Å². The molecule has 0 fully saturated rings. The first-order valence-electron chi connectivity index (χ1n) is 10.9. The number of amidine groups is 1. The van der Waals surface area contributed by atoms with Crippen molar-refractivity contribution in [3.63, 3.8) is 0 Å². The average Bonchev–Trinajstić information content (AvgIpc) is 2.80. The number of hydrogen-bond donors (Lipinski definition) is 1. The maximum absolute atomic E-state index is 13.4. The number of halogens is 1. The quantitative estimate of drug-likeness (QED) is 0.620. The summed E-state index contributed by atoms with van der Waals surface area (Å²) in [6, 6.07) is 9.57. The molecule has 172 valence electrons. The fourth-order valence-electron chi connectivity index (χ4n) is 3.54. The van der Waals surface area contributed by atoms with E-state index >= 15 is 0 Å². The molecule has 2 heterocycles. The highest BCUT2D eigenvalue weighted by atomic mass is 35.5. The van der Waals surface area contributed by atoms with Gasteiger partial charge >= 0.3 is 0 Å². The number of hydrogen-bond acceptors (Lipinski definition) is 5. The van der Waals surface area contributed by atoms with E-state index in [1.807, 2.05) is 70.4 Å². The molecule has 6 nitrogen and oxygen atoms in total. The summed E-state index contributed by atoms with van der Waals surface area (Å²) in [4.78, 5) is 26.0. The van der Waals surface area contributed by atoms with Gasteiger partial charge in [0.15, 0.2) is 0 Å². The van der Waals surface area contributed by atoms with Gasteiger partial charge in [-0.15, -0.1) is 0 Å². The lowest BCUT2D eigenvalue weighted by Gasteiger charge is -2.30. The molecule has 0 bridgehead atoms.